The molecule has 4 rings (SSSR count). The van der Waals surface area contributed by atoms with Crippen molar-refractivity contribution < 1.29 is 23.5 Å². The zero-order valence-electron chi connectivity index (χ0n) is 15.7. The number of esters is 1. The van der Waals surface area contributed by atoms with E-state index < -0.39 is 17.8 Å². The van der Waals surface area contributed by atoms with Crippen molar-refractivity contribution in [1.82, 2.24) is 5.43 Å². The van der Waals surface area contributed by atoms with Crippen molar-refractivity contribution in [1.29, 1.82) is 0 Å². The third-order valence-corrected chi connectivity index (χ3v) is 4.70. The van der Waals surface area contributed by atoms with Crippen molar-refractivity contribution in [2.45, 2.75) is 0 Å². The van der Waals surface area contributed by atoms with Crippen LogP contribution in [0.4, 0.5) is 5.69 Å². The number of ether oxygens (including phenoxy) is 1. The summed E-state index contributed by atoms with van der Waals surface area (Å²) in [5, 5.41) is 1.68. The van der Waals surface area contributed by atoms with E-state index in [9.17, 15) is 14.4 Å². The molecule has 1 saturated heterocycles. The lowest BCUT2D eigenvalue weighted by molar-refractivity contribution is -0.117. The van der Waals surface area contributed by atoms with Gasteiger partial charge in [-0.15, -0.1) is 0 Å². The lowest BCUT2D eigenvalue weighted by atomic mass is 10.2. The zero-order valence-corrected chi connectivity index (χ0v) is 16.5. The number of carbonyl (C=O) groups excluding carboxylic acids is 3. The first-order chi connectivity index (χ1) is 14.5. The largest absolute Gasteiger partial charge is 0.465 e. The minimum absolute atomic E-state index is 0.0703. The first kappa shape index (κ1) is 19.5. The highest BCUT2D eigenvalue weighted by atomic mass is 35.5. The second-order valence-electron chi connectivity index (χ2n) is 6.39. The molecule has 0 bridgehead atoms. The van der Waals surface area contributed by atoms with Gasteiger partial charge in [-0.3, -0.25) is 15.0 Å². The molecule has 1 N–H and O–H groups in total. The average Bonchev–Trinajstić information content (AvgIpc) is 3.34. The first-order valence-corrected chi connectivity index (χ1v) is 9.25. The molecule has 1 fully saturated rings. The lowest BCUT2D eigenvalue weighted by Crippen LogP contribution is -2.35. The van der Waals surface area contributed by atoms with Crippen molar-refractivity contribution in [3.05, 3.63) is 82.6 Å². The molecule has 2 aromatic carbocycles. The van der Waals surface area contributed by atoms with Crippen LogP contribution < -0.4 is 10.4 Å². The van der Waals surface area contributed by atoms with Crippen molar-refractivity contribution in [2.75, 3.05) is 12.1 Å². The molecule has 7 nitrogen and oxygen atoms in total. The monoisotopic (exact) mass is 422 g/mol. The van der Waals surface area contributed by atoms with E-state index in [-0.39, 0.29) is 5.57 Å². The third kappa shape index (κ3) is 3.70. The quantitative estimate of drug-likeness (QED) is 0.392. The van der Waals surface area contributed by atoms with E-state index in [0.717, 1.165) is 10.6 Å². The molecule has 0 aliphatic carbocycles. The van der Waals surface area contributed by atoms with Crippen molar-refractivity contribution in [3.63, 3.8) is 0 Å². The molecule has 30 heavy (non-hydrogen) atoms. The van der Waals surface area contributed by atoms with Gasteiger partial charge in [0.2, 0.25) is 0 Å². The number of nitrogens with one attached hydrogen (secondary N) is 1. The smallest absolute Gasteiger partial charge is 0.337 e. The summed E-state index contributed by atoms with van der Waals surface area (Å²) < 4.78 is 10.4. The Bertz CT molecular complexity index is 1180. The molecular formula is C22H15ClN2O5. The van der Waals surface area contributed by atoms with E-state index in [2.05, 4.69) is 10.2 Å². The molecule has 0 saturated carbocycles. The molecular weight excluding hydrogens is 408 g/mol. The molecule has 1 aliphatic rings. The third-order valence-electron chi connectivity index (χ3n) is 4.46. The Labute approximate surface area is 176 Å². The Kier molecular flexibility index (Phi) is 5.12. The standard InChI is InChI=1S/C22H15ClN2O5/c1-29-22(28)13-5-7-16(8-6-13)25-21(27)18(20(26)24-25)12-17-9-10-19(30-17)14-3-2-4-15(23)11-14/h2-12H,1H3,(H,24,26). The highest BCUT2D eigenvalue weighted by Gasteiger charge is 2.34. The molecule has 0 spiro atoms. The predicted octanol–water partition coefficient (Wildman–Crippen LogP) is 3.85. The summed E-state index contributed by atoms with van der Waals surface area (Å²) in [6.07, 6.45) is 1.38. The summed E-state index contributed by atoms with van der Waals surface area (Å²) in [7, 11) is 1.28. The van der Waals surface area contributed by atoms with E-state index in [4.69, 9.17) is 16.0 Å². The van der Waals surface area contributed by atoms with E-state index >= 15 is 0 Å². The van der Waals surface area contributed by atoms with Crippen LogP contribution in [0.25, 0.3) is 17.4 Å². The van der Waals surface area contributed by atoms with Crippen molar-refractivity contribution in [2.24, 2.45) is 0 Å². The minimum atomic E-state index is -0.558. The number of carbonyl (C=O) groups is 3. The number of halogens is 1. The summed E-state index contributed by atoms with van der Waals surface area (Å²) in [6.45, 7) is 0. The maximum Gasteiger partial charge on any atom is 0.337 e. The average molecular weight is 423 g/mol. The van der Waals surface area contributed by atoms with Crippen LogP contribution in [0, 0.1) is 0 Å². The van der Waals surface area contributed by atoms with Gasteiger partial charge in [-0.25, -0.2) is 9.80 Å². The number of anilines is 1. The summed E-state index contributed by atoms with van der Waals surface area (Å²) >= 11 is 6.00. The van der Waals surface area contributed by atoms with Crippen LogP contribution in [-0.4, -0.2) is 24.9 Å². The molecule has 0 radical (unpaired) electrons. The highest BCUT2D eigenvalue weighted by molar-refractivity contribution is 6.31. The number of hydrogen-bond donors (Lipinski definition) is 1. The predicted molar refractivity (Wildman–Crippen MR) is 111 cm³/mol. The number of hydrogen-bond acceptors (Lipinski definition) is 5. The maximum atomic E-state index is 12.7. The Morgan fingerprint density at radius 2 is 1.87 bits per heavy atom. The first-order valence-electron chi connectivity index (χ1n) is 8.87. The fraction of sp³-hybridized carbons (Fsp3) is 0.0455. The van der Waals surface area contributed by atoms with Crippen LogP contribution >= 0.6 is 11.6 Å². The lowest BCUT2D eigenvalue weighted by Gasteiger charge is -2.14. The van der Waals surface area contributed by atoms with Crippen molar-refractivity contribution >= 4 is 41.1 Å². The van der Waals surface area contributed by atoms with Gasteiger partial charge in [0.25, 0.3) is 11.8 Å². The molecule has 8 heteroatoms. The SMILES string of the molecule is COC(=O)c1ccc(N2NC(=O)C(=Cc3ccc(-c4cccc(Cl)c4)o3)C2=O)cc1. The van der Waals surface area contributed by atoms with Crippen molar-refractivity contribution in [3.8, 4) is 11.3 Å². The van der Waals surface area contributed by atoms with Crippen LogP contribution in [0.3, 0.4) is 0 Å². The fourth-order valence-electron chi connectivity index (χ4n) is 2.97. The zero-order chi connectivity index (χ0) is 21.3. The Hall–Kier alpha value is -3.84. The van der Waals surface area contributed by atoms with E-state index in [0.29, 0.717) is 27.8 Å². The molecule has 0 unspecified atom stereocenters. The van der Waals surface area contributed by atoms with Gasteiger partial charge in [-0.05, 0) is 54.6 Å². The van der Waals surface area contributed by atoms with E-state index in [1.165, 1.54) is 37.5 Å². The number of hydrazine groups is 1. The number of methoxy groups -OCH3 is 1. The number of benzene rings is 2. The molecule has 150 valence electrons. The summed E-state index contributed by atoms with van der Waals surface area (Å²) in [5.74, 6) is -0.673. The minimum Gasteiger partial charge on any atom is -0.465 e. The molecule has 1 aromatic heterocycles. The van der Waals surface area contributed by atoms with Crippen LogP contribution in [-0.2, 0) is 14.3 Å². The van der Waals surface area contributed by atoms with Gasteiger partial charge >= 0.3 is 5.97 Å². The van der Waals surface area contributed by atoms with Gasteiger partial charge in [0, 0.05) is 10.6 Å². The van der Waals surface area contributed by atoms with Gasteiger partial charge < -0.3 is 9.15 Å². The number of amides is 2. The number of rotatable bonds is 4. The van der Waals surface area contributed by atoms with E-state index in [1.54, 1.807) is 30.3 Å². The van der Waals surface area contributed by atoms with Crippen LogP contribution in [0.2, 0.25) is 5.02 Å². The normalized spacial score (nSPS) is 14.9. The van der Waals surface area contributed by atoms with Gasteiger partial charge in [0.15, 0.2) is 0 Å². The van der Waals surface area contributed by atoms with Crippen LogP contribution in [0.1, 0.15) is 16.1 Å². The Morgan fingerprint density at radius 1 is 1.10 bits per heavy atom. The maximum absolute atomic E-state index is 12.7. The van der Waals surface area contributed by atoms with Crippen LogP contribution in [0.15, 0.2) is 70.7 Å². The molecule has 2 amide bonds. The fourth-order valence-corrected chi connectivity index (χ4v) is 3.16. The summed E-state index contributed by atoms with van der Waals surface area (Å²) in [6, 6.07) is 16.6. The Balaban J connectivity index is 1.57. The number of nitrogens with zero attached hydrogens (tertiary/aromatic N) is 1. The topological polar surface area (TPSA) is 88.8 Å². The van der Waals surface area contributed by atoms with Gasteiger partial charge in [0.05, 0.1) is 18.4 Å². The van der Waals surface area contributed by atoms with E-state index in [1.807, 2.05) is 6.07 Å². The second kappa shape index (κ2) is 7.88. The molecule has 0 atom stereocenters. The Morgan fingerprint density at radius 3 is 2.57 bits per heavy atom. The second-order valence-corrected chi connectivity index (χ2v) is 6.83. The highest BCUT2D eigenvalue weighted by Crippen LogP contribution is 2.27. The molecule has 3 aromatic rings. The molecule has 1 aliphatic heterocycles. The summed E-state index contributed by atoms with van der Waals surface area (Å²) in [4.78, 5) is 36.6. The van der Waals surface area contributed by atoms with Gasteiger partial charge in [0.1, 0.15) is 17.1 Å². The number of furan rings is 1. The van der Waals surface area contributed by atoms with Gasteiger partial charge in [-0.2, -0.15) is 0 Å². The van der Waals surface area contributed by atoms with Crippen LogP contribution in [0.5, 0.6) is 0 Å². The molecule has 2 heterocycles. The van der Waals surface area contributed by atoms with Gasteiger partial charge in [-0.1, -0.05) is 23.7 Å². The summed E-state index contributed by atoms with van der Waals surface area (Å²) in [5.41, 5.74) is 3.95.